The van der Waals surface area contributed by atoms with Crippen molar-refractivity contribution in [1.82, 2.24) is 30.3 Å². The van der Waals surface area contributed by atoms with E-state index in [0.717, 1.165) is 48.2 Å². The number of amides is 2. The lowest BCUT2D eigenvalue weighted by Crippen LogP contribution is -2.53. The zero-order valence-electron chi connectivity index (χ0n) is 24.9. The first-order valence-electron chi connectivity index (χ1n) is 15.5. The molecule has 3 N–H and O–H groups in total. The second-order valence-corrected chi connectivity index (χ2v) is 12.3. The van der Waals surface area contributed by atoms with E-state index < -0.39 is 6.04 Å². The summed E-state index contributed by atoms with van der Waals surface area (Å²) >= 11 is 0. The van der Waals surface area contributed by atoms with Gasteiger partial charge in [-0.05, 0) is 63.6 Å². The smallest absolute Gasteiger partial charge is 0.270 e. The molecule has 3 aromatic heterocycles. The summed E-state index contributed by atoms with van der Waals surface area (Å²) in [5.41, 5.74) is 4.34. The number of carbonyl (C=O) groups excluding carboxylic acids is 2. The molecular formula is C32H45N7O2. The average molecular weight is 560 g/mol. The minimum atomic E-state index is -0.649. The molecule has 9 heteroatoms. The minimum absolute atomic E-state index is 0.0377. The van der Waals surface area contributed by atoms with Crippen molar-refractivity contribution in [2.45, 2.75) is 104 Å². The van der Waals surface area contributed by atoms with E-state index in [9.17, 15) is 9.59 Å². The third-order valence-electron chi connectivity index (χ3n) is 9.17. The molecule has 0 aromatic carbocycles. The fourth-order valence-corrected chi connectivity index (χ4v) is 7.22. The van der Waals surface area contributed by atoms with Crippen LogP contribution in [-0.2, 0) is 4.79 Å². The van der Waals surface area contributed by atoms with Gasteiger partial charge in [-0.2, -0.15) is 10.2 Å². The highest BCUT2D eigenvalue weighted by atomic mass is 16.2. The van der Waals surface area contributed by atoms with Gasteiger partial charge in [-0.25, -0.2) is 4.98 Å². The van der Waals surface area contributed by atoms with Crippen LogP contribution in [0.2, 0.25) is 0 Å². The fourth-order valence-electron chi connectivity index (χ4n) is 7.22. The van der Waals surface area contributed by atoms with Crippen molar-refractivity contribution in [3.63, 3.8) is 0 Å². The van der Waals surface area contributed by atoms with Gasteiger partial charge in [0.2, 0.25) is 5.91 Å². The number of pyridine rings is 1. The molecule has 1 atom stereocenters. The van der Waals surface area contributed by atoms with Crippen LogP contribution in [0.3, 0.4) is 0 Å². The number of rotatable bonds is 9. The first-order valence-corrected chi connectivity index (χ1v) is 15.5. The van der Waals surface area contributed by atoms with E-state index in [1.54, 1.807) is 23.1 Å². The van der Waals surface area contributed by atoms with Crippen molar-refractivity contribution >= 4 is 17.6 Å². The largest absolute Gasteiger partial charge is 0.339 e. The van der Waals surface area contributed by atoms with Crippen LogP contribution >= 0.6 is 0 Å². The van der Waals surface area contributed by atoms with Crippen LogP contribution < -0.4 is 10.6 Å². The quantitative estimate of drug-likeness (QED) is 0.281. The lowest BCUT2D eigenvalue weighted by atomic mass is 9.66. The van der Waals surface area contributed by atoms with Crippen molar-refractivity contribution in [3.8, 4) is 11.1 Å². The highest BCUT2D eigenvalue weighted by Gasteiger charge is 2.41. The number of anilines is 1. The van der Waals surface area contributed by atoms with Gasteiger partial charge in [-0.15, -0.1) is 0 Å². The minimum Gasteiger partial charge on any atom is -0.339 e. The summed E-state index contributed by atoms with van der Waals surface area (Å²) in [6, 6.07) is 4.92. The molecule has 0 bridgehead atoms. The maximum Gasteiger partial charge on any atom is 0.270 e. The summed E-state index contributed by atoms with van der Waals surface area (Å²) < 4.78 is 1.72. The molecule has 2 aliphatic carbocycles. The van der Waals surface area contributed by atoms with E-state index >= 15 is 0 Å². The van der Waals surface area contributed by atoms with E-state index in [-0.39, 0.29) is 23.8 Å². The number of aryl methyl sites for hydroxylation is 2. The molecule has 0 aliphatic heterocycles. The Morgan fingerprint density at radius 3 is 2.15 bits per heavy atom. The van der Waals surface area contributed by atoms with Crippen molar-refractivity contribution in [2.24, 2.45) is 17.8 Å². The Bertz CT molecular complexity index is 1280. The van der Waals surface area contributed by atoms with Crippen LogP contribution in [0.1, 0.15) is 106 Å². The predicted octanol–water partition coefficient (Wildman–Crippen LogP) is 6.38. The Morgan fingerprint density at radius 1 is 0.951 bits per heavy atom. The number of H-pyrrole nitrogens is 1. The first-order chi connectivity index (χ1) is 19.8. The third kappa shape index (κ3) is 6.54. The summed E-state index contributed by atoms with van der Waals surface area (Å²) in [5, 5.41) is 18.0. The first kappa shape index (κ1) is 29.0. The number of nitrogens with one attached hydrogen (secondary N) is 3. The molecular weight excluding hydrogens is 514 g/mol. The van der Waals surface area contributed by atoms with Crippen molar-refractivity contribution in [2.75, 3.05) is 5.32 Å². The number of aromatic amines is 1. The maximum atomic E-state index is 14.2. The lowest BCUT2D eigenvalue weighted by Gasteiger charge is -2.42. The maximum absolute atomic E-state index is 14.2. The summed E-state index contributed by atoms with van der Waals surface area (Å²) in [5.74, 6) is 0.967. The molecule has 1 unspecified atom stereocenters. The number of hydrogen-bond acceptors (Lipinski definition) is 5. The lowest BCUT2D eigenvalue weighted by molar-refractivity contribution is -0.121. The zero-order chi connectivity index (χ0) is 28.9. The number of aromatic nitrogens is 5. The summed E-state index contributed by atoms with van der Waals surface area (Å²) in [4.78, 5) is 32.5. The number of nitrogens with zero attached hydrogens (tertiary/aromatic N) is 4. The van der Waals surface area contributed by atoms with Crippen LogP contribution in [0.25, 0.3) is 11.1 Å². The van der Waals surface area contributed by atoms with Gasteiger partial charge in [-0.1, -0.05) is 64.2 Å². The molecule has 2 fully saturated rings. The van der Waals surface area contributed by atoms with Crippen LogP contribution in [0, 0.1) is 31.6 Å². The molecule has 9 nitrogen and oxygen atoms in total. The van der Waals surface area contributed by atoms with E-state index in [0.29, 0.717) is 23.3 Å². The Hall–Kier alpha value is -3.49. The van der Waals surface area contributed by atoms with Gasteiger partial charge in [0.25, 0.3) is 5.91 Å². The summed E-state index contributed by atoms with van der Waals surface area (Å²) in [7, 11) is 0. The molecule has 220 valence electrons. The summed E-state index contributed by atoms with van der Waals surface area (Å²) in [6.07, 6.45) is 15.1. The van der Waals surface area contributed by atoms with Gasteiger partial charge in [0, 0.05) is 35.3 Å². The van der Waals surface area contributed by atoms with Gasteiger partial charge in [-0.3, -0.25) is 19.4 Å². The van der Waals surface area contributed by atoms with Crippen molar-refractivity contribution in [3.05, 3.63) is 47.7 Å². The Morgan fingerprint density at radius 2 is 1.61 bits per heavy atom. The Kier molecular flexibility index (Phi) is 9.20. The third-order valence-corrected chi connectivity index (χ3v) is 9.17. The molecule has 0 saturated heterocycles. The topological polar surface area (TPSA) is 118 Å². The second kappa shape index (κ2) is 13.0. The van der Waals surface area contributed by atoms with Crippen LogP contribution in [0.5, 0.6) is 0 Å². The standard InChI is InChI=1S/C32H45N7O2/c1-20(2)39-26(17-18-34-39)31(40)36-30(29(23-11-7-5-8-12-23)24-13-9-6-10-14-24)32(41)35-27-16-15-25(19-33-27)28-21(3)37-38-22(28)4/h15-20,23-24,29-30H,5-14H2,1-4H3,(H,36,40)(H,37,38)(H,33,35,41). The number of carbonyl (C=O) groups is 2. The fraction of sp³-hybridized carbons (Fsp3) is 0.594. The Labute approximate surface area is 243 Å². The Balaban J connectivity index is 1.44. The molecule has 3 aromatic rings. The average Bonchev–Trinajstić information content (AvgIpc) is 3.61. The highest BCUT2D eigenvalue weighted by Crippen LogP contribution is 2.42. The monoisotopic (exact) mass is 559 g/mol. The molecule has 0 spiro atoms. The predicted molar refractivity (Wildman–Crippen MR) is 160 cm³/mol. The second-order valence-electron chi connectivity index (χ2n) is 12.3. The van der Waals surface area contributed by atoms with Crippen LogP contribution in [0.15, 0.2) is 30.6 Å². The molecule has 41 heavy (non-hydrogen) atoms. The van der Waals surface area contributed by atoms with Crippen LogP contribution in [0.4, 0.5) is 5.82 Å². The summed E-state index contributed by atoms with van der Waals surface area (Å²) in [6.45, 7) is 7.95. The van der Waals surface area contributed by atoms with Gasteiger partial charge in [0.1, 0.15) is 17.6 Å². The van der Waals surface area contributed by atoms with Gasteiger partial charge < -0.3 is 10.6 Å². The molecule has 2 amide bonds. The van der Waals surface area contributed by atoms with Crippen molar-refractivity contribution in [1.29, 1.82) is 0 Å². The van der Waals surface area contributed by atoms with Gasteiger partial charge >= 0.3 is 0 Å². The molecule has 3 heterocycles. The van der Waals surface area contributed by atoms with E-state index in [1.807, 2.05) is 39.8 Å². The van der Waals surface area contributed by atoms with Crippen molar-refractivity contribution < 1.29 is 9.59 Å². The van der Waals surface area contributed by atoms with Crippen LogP contribution in [-0.4, -0.2) is 42.8 Å². The normalized spacial score (nSPS) is 17.6. The zero-order valence-corrected chi connectivity index (χ0v) is 24.9. The molecule has 0 radical (unpaired) electrons. The molecule has 2 aliphatic rings. The molecule has 5 rings (SSSR count). The molecule has 2 saturated carbocycles. The SMILES string of the molecule is Cc1n[nH]c(C)c1-c1ccc(NC(=O)C(NC(=O)c2ccnn2C(C)C)C(C2CCCCC2)C2CCCCC2)nc1. The van der Waals surface area contributed by atoms with E-state index in [4.69, 9.17) is 0 Å². The van der Waals surface area contributed by atoms with E-state index in [1.165, 1.54) is 38.5 Å². The van der Waals surface area contributed by atoms with Gasteiger partial charge in [0.05, 0.1) is 5.69 Å². The highest BCUT2D eigenvalue weighted by molar-refractivity contribution is 6.00. The van der Waals surface area contributed by atoms with Gasteiger partial charge in [0.15, 0.2) is 0 Å². The van der Waals surface area contributed by atoms with E-state index in [2.05, 4.69) is 30.9 Å². The number of hydrogen-bond donors (Lipinski definition) is 3.